The normalized spacial score (nSPS) is 12.5. The Morgan fingerprint density at radius 1 is 1.28 bits per heavy atom. The van der Waals surface area contributed by atoms with E-state index >= 15 is 0 Å². The van der Waals surface area contributed by atoms with Crippen molar-refractivity contribution in [1.82, 2.24) is 4.57 Å². The molecule has 3 nitrogen and oxygen atoms in total. The van der Waals surface area contributed by atoms with Crippen molar-refractivity contribution in [3.8, 4) is 0 Å². The highest BCUT2D eigenvalue weighted by molar-refractivity contribution is 7.91. The second kappa shape index (κ2) is 4.43. The molecule has 0 saturated carbocycles. The third kappa shape index (κ3) is 2.17. The highest BCUT2D eigenvalue weighted by atomic mass is 32.2. The Morgan fingerprint density at radius 3 is 2.56 bits per heavy atom. The lowest BCUT2D eigenvalue weighted by atomic mass is 10.1. The van der Waals surface area contributed by atoms with Crippen LogP contribution in [0.3, 0.4) is 0 Å². The van der Waals surface area contributed by atoms with Gasteiger partial charge in [-0.3, -0.25) is 0 Å². The summed E-state index contributed by atoms with van der Waals surface area (Å²) in [6.45, 7) is 5.50. The highest BCUT2D eigenvalue weighted by Crippen LogP contribution is 2.25. The van der Waals surface area contributed by atoms with Gasteiger partial charge < -0.3 is 4.57 Å². The molecule has 98 valence electrons. The standard InChI is InChI=1S/C14H19NO2S/c1-10(2)18(16,17)9-12-8-15(4)14-11(3)6-5-7-13(12)14/h5-8,10H,9H2,1-4H3. The van der Waals surface area contributed by atoms with Crippen LogP contribution >= 0.6 is 0 Å². The maximum absolute atomic E-state index is 12.0. The predicted molar refractivity (Wildman–Crippen MR) is 75.4 cm³/mol. The fourth-order valence-electron chi connectivity index (χ4n) is 2.25. The molecule has 0 atom stereocenters. The average molecular weight is 265 g/mol. The molecule has 0 radical (unpaired) electrons. The first-order valence-corrected chi connectivity index (χ1v) is 7.79. The van der Waals surface area contributed by atoms with Crippen LogP contribution in [0.15, 0.2) is 24.4 Å². The molecule has 0 bridgehead atoms. The van der Waals surface area contributed by atoms with Crippen molar-refractivity contribution in [2.75, 3.05) is 0 Å². The number of benzene rings is 1. The Hall–Kier alpha value is -1.29. The lowest BCUT2D eigenvalue weighted by Crippen LogP contribution is -2.15. The summed E-state index contributed by atoms with van der Waals surface area (Å²) in [5.41, 5.74) is 3.18. The largest absolute Gasteiger partial charge is 0.350 e. The van der Waals surface area contributed by atoms with Crippen molar-refractivity contribution in [3.05, 3.63) is 35.5 Å². The van der Waals surface area contributed by atoms with Crippen LogP contribution in [0.25, 0.3) is 10.9 Å². The number of aryl methyl sites for hydroxylation is 2. The van der Waals surface area contributed by atoms with Crippen LogP contribution < -0.4 is 0 Å². The minimum absolute atomic E-state index is 0.117. The monoisotopic (exact) mass is 265 g/mol. The molecule has 0 aliphatic heterocycles. The molecule has 0 aliphatic carbocycles. The highest BCUT2D eigenvalue weighted by Gasteiger charge is 2.19. The zero-order chi connectivity index (χ0) is 13.5. The molecule has 0 aliphatic rings. The van der Waals surface area contributed by atoms with E-state index in [0.29, 0.717) is 0 Å². The van der Waals surface area contributed by atoms with E-state index in [1.165, 1.54) is 5.56 Å². The molecule has 2 aromatic rings. The minimum Gasteiger partial charge on any atom is -0.350 e. The van der Waals surface area contributed by atoms with E-state index in [4.69, 9.17) is 0 Å². The Bertz CT molecular complexity index is 681. The summed E-state index contributed by atoms with van der Waals surface area (Å²) in [4.78, 5) is 0. The van der Waals surface area contributed by atoms with E-state index in [-0.39, 0.29) is 11.0 Å². The van der Waals surface area contributed by atoms with E-state index in [9.17, 15) is 8.42 Å². The van der Waals surface area contributed by atoms with Gasteiger partial charge in [-0.15, -0.1) is 0 Å². The first-order valence-electron chi connectivity index (χ1n) is 6.08. The van der Waals surface area contributed by atoms with Gasteiger partial charge in [0.25, 0.3) is 0 Å². The van der Waals surface area contributed by atoms with Crippen LogP contribution in [0, 0.1) is 6.92 Å². The van der Waals surface area contributed by atoms with Crippen LogP contribution in [-0.4, -0.2) is 18.2 Å². The van der Waals surface area contributed by atoms with Crippen LogP contribution in [-0.2, 0) is 22.6 Å². The van der Waals surface area contributed by atoms with E-state index in [1.54, 1.807) is 13.8 Å². The molecule has 0 saturated heterocycles. The number of fused-ring (bicyclic) bond motifs is 1. The van der Waals surface area contributed by atoms with Gasteiger partial charge in [0.2, 0.25) is 0 Å². The number of hydrogen-bond donors (Lipinski definition) is 0. The van der Waals surface area contributed by atoms with E-state index in [0.717, 1.165) is 16.5 Å². The second-order valence-corrected chi connectivity index (χ2v) is 7.65. The predicted octanol–water partition coefficient (Wildman–Crippen LogP) is 2.81. The molecule has 1 aromatic carbocycles. The zero-order valence-corrected chi connectivity index (χ0v) is 12.1. The molecule has 0 amide bonds. The fourth-order valence-corrected chi connectivity index (χ4v) is 3.25. The van der Waals surface area contributed by atoms with Crippen LogP contribution in [0.5, 0.6) is 0 Å². The van der Waals surface area contributed by atoms with Gasteiger partial charge in [0.05, 0.1) is 16.5 Å². The summed E-state index contributed by atoms with van der Waals surface area (Å²) in [6, 6.07) is 6.01. The molecule has 4 heteroatoms. The maximum atomic E-state index is 12.0. The van der Waals surface area contributed by atoms with Crippen molar-refractivity contribution in [3.63, 3.8) is 0 Å². The summed E-state index contributed by atoms with van der Waals surface area (Å²) in [6.07, 6.45) is 1.93. The first kappa shape index (κ1) is 13.1. The lowest BCUT2D eigenvalue weighted by Gasteiger charge is -2.06. The van der Waals surface area contributed by atoms with Crippen LogP contribution in [0.1, 0.15) is 25.0 Å². The zero-order valence-electron chi connectivity index (χ0n) is 11.3. The molecule has 0 spiro atoms. The molecule has 2 rings (SSSR count). The van der Waals surface area contributed by atoms with Gasteiger partial charge in [-0.05, 0) is 31.9 Å². The van der Waals surface area contributed by atoms with Crippen molar-refractivity contribution in [2.45, 2.75) is 31.8 Å². The molecular weight excluding hydrogens is 246 g/mol. The SMILES string of the molecule is Cc1cccc2c(CS(=O)(=O)C(C)C)cn(C)c12. The smallest absolute Gasteiger partial charge is 0.156 e. The molecule has 0 N–H and O–H groups in total. The third-order valence-corrected chi connectivity index (χ3v) is 5.51. The fraction of sp³-hybridized carbons (Fsp3) is 0.429. The number of para-hydroxylation sites is 1. The number of hydrogen-bond acceptors (Lipinski definition) is 2. The van der Waals surface area contributed by atoms with Gasteiger partial charge in [-0.25, -0.2) is 8.42 Å². The van der Waals surface area contributed by atoms with Gasteiger partial charge >= 0.3 is 0 Å². The molecule has 0 fully saturated rings. The Labute approximate surface area is 108 Å². The third-order valence-electron chi connectivity index (χ3n) is 3.36. The van der Waals surface area contributed by atoms with Gasteiger partial charge in [-0.2, -0.15) is 0 Å². The Morgan fingerprint density at radius 2 is 1.94 bits per heavy atom. The number of sulfone groups is 1. The molecule has 0 unspecified atom stereocenters. The van der Waals surface area contributed by atoms with Gasteiger partial charge in [0.15, 0.2) is 9.84 Å². The quantitative estimate of drug-likeness (QED) is 0.856. The molecule has 1 heterocycles. The summed E-state index contributed by atoms with van der Waals surface area (Å²) in [5, 5.41) is 0.708. The molecule has 1 aromatic heterocycles. The summed E-state index contributed by atoms with van der Waals surface area (Å²) < 4.78 is 26.1. The van der Waals surface area contributed by atoms with Gasteiger partial charge in [0, 0.05) is 18.6 Å². The van der Waals surface area contributed by atoms with Crippen LogP contribution in [0.2, 0.25) is 0 Å². The minimum atomic E-state index is -3.06. The van der Waals surface area contributed by atoms with E-state index in [1.807, 2.05) is 42.9 Å². The Balaban J connectivity index is 2.58. The summed E-state index contributed by atoms with van der Waals surface area (Å²) in [5.74, 6) is 0.117. The summed E-state index contributed by atoms with van der Waals surface area (Å²) >= 11 is 0. The average Bonchev–Trinajstić information content (AvgIpc) is 2.56. The topological polar surface area (TPSA) is 39.1 Å². The van der Waals surface area contributed by atoms with Crippen molar-refractivity contribution < 1.29 is 8.42 Å². The summed E-state index contributed by atoms with van der Waals surface area (Å²) in [7, 11) is -1.10. The van der Waals surface area contributed by atoms with E-state index in [2.05, 4.69) is 0 Å². The molecule has 18 heavy (non-hydrogen) atoms. The first-order chi connectivity index (χ1) is 8.33. The number of rotatable bonds is 3. The number of nitrogens with zero attached hydrogens (tertiary/aromatic N) is 1. The Kier molecular flexibility index (Phi) is 3.23. The van der Waals surface area contributed by atoms with Gasteiger partial charge in [0.1, 0.15) is 0 Å². The molecular formula is C14H19NO2S. The van der Waals surface area contributed by atoms with Crippen molar-refractivity contribution in [2.24, 2.45) is 7.05 Å². The maximum Gasteiger partial charge on any atom is 0.156 e. The van der Waals surface area contributed by atoms with Gasteiger partial charge in [-0.1, -0.05) is 18.2 Å². The van der Waals surface area contributed by atoms with E-state index < -0.39 is 9.84 Å². The second-order valence-electron chi connectivity index (χ2n) is 5.09. The lowest BCUT2D eigenvalue weighted by molar-refractivity contribution is 0.586. The van der Waals surface area contributed by atoms with Crippen LogP contribution in [0.4, 0.5) is 0 Å². The van der Waals surface area contributed by atoms with Crippen molar-refractivity contribution in [1.29, 1.82) is 0 Å². The van der Waals surface area contributed by atoms with Crippen molar-refractivity contribution >= 4 is 20.7 Å². The number of aromatic nitrogens is 1.